The first-order valence-electron chi connectivity index (χ1n) is 12.3. The van der Waals surface area contributed by atoms with E-state index in [0.29, 0.717) is 34.7 Å². The van der Waals surface area contributed by atoms with E-state index >= 15 is 0 Å². The lowest BCUT2D eigenvalue weighted by atomic mass is 10.0. The molecule has 1 aromatic heterocycles. The molecule has 0 aliphatic heterocycles. The average molecular weight is 494 g/mol. The van der Waals surface area contributed by atoms with Crippen LogP contribution in [-0.2, 0) is 0 Å². The second-order valence-electron chi connectivity index (χ2n) is 8.64. The molecule has 7 heteroatoms. The largest absolute Gasteiger partial charge is 0.691 e. The first-order valence-corrected chi connectivity index (χ1v) is 12.3. The molecule has 37 heavy (non-hydrogen) atoms. The Morgan fingerprint density at radius 3 is 1.95 bits per heavy atom. The number of hydrogen-bond acceptors (Lipinski definition) is 5. The molecular formula is C30H27N3O4. The van der Waals surface area contributed by atoms with Gasteiger partial charge >= 0.3 is 5.91 Å². The highest BCUT2D eigenvalue weighted by atomic mass is 16.5. The van der Waals surface area contributed by atoms with Crippen LogP contribution in [0.25, 0.3) is 22.2 Å². The third-order valence-electron chi connectivity index (χ3n) is 6.07. The van der Waals surface area contributed by atoms with E-state index in [1.54, 1.807) is 36.4 Å². The number of carbonyl (C=O) groups excluding carboxylic acids is 1. The third-order valence-corrected chi connectivity index (χ3v) is 6.07. The molecule has 5 rings (SSSR count). The molecule has 0 atom stereocenters. The highest BCUT2D eigenvalue weighted by molar-refractivity contribution is 5.99. The summed E-state index contributed by atoms with van der Waals surface area (Å²) in [5.41, 5.74) is 3.28. The minimum absolute atomic E-state index is 0.354. The first-order chi connectivity index (χ1) is 18.2. The van der Waals surface area contributed by atoms with Crippen molar-refractivity contribution in [3.05, 3.63) is 114 Å². The molecule has 0 amide bonds. The summed E-state index contributed by atoms with van der Waals surface area (Å²) in [4.78, 5) is 13.4. The number of para-hydroxylation sites is 3. The predicted octanol–water partition coefficient (Wildman–Crippen LogP) is 5.65. The molecule has 0 aliphatic carbocycles. The quantitative estimate of drug-likeness (QED) is 0.143. The van der Waals surface area contributed by atoms with Crippen molar-refractivity contribution in [3.8, 4) is 22.6 Å². The number of nitrogens with zero attached hydrogens (tertiary/aromatic N) is 3. The predicted molar refractivity (Wildman–Crippen MR) is 142 cm³/mol. The number of carbonyl (C=O) groups is 1. The standard InChI is InChI=1S/C30H27N3O4/c34-30(32-28-11-5-6-12-29(28)33(35)31-32)25-15-13-23(14-16-25)24-17-19-27(20-18-24)37-22-8-2-7-21-36-26-9-3-1-4-10-26/h1,3-6,9-20H,2,7-8,21-22H2. The second kappa shape index (κ2) is 11.4. The maximum absolute atomic E-state index is 12.9. The SMILES string of the molecule is O=C(c1ccc(-c2ccc(OCCCCCOc3ccccc3)cc2)cc1)n1n[n+]([O-])c2ccccc21. The second-order valence-corrected chi connectivity index (χ2v) is 8.64. The van der Waals surface area contributed by atoms with Crippen LogP contribution in [0.2, 0.25) is 0 Å². The smallest absolute Gasteiger partial charge is 0.366 e. The molecule has 0 aliphatic rings. The summed E-state index contributed by atoms with van der Waals surface area (Å²) in [5, 5.41) is 15.8. The van der Waals surface area contributed by atoms with Crippen molar-refractivity contribution in [3.63, 3.8) is 0 Å². The van der Waals surface area contributed by atoms with Crippen LogP contribution in [0.3, 0.4) is 0 Å². The maximum atomic E-state index is 12.9. The van der Waals surface area contributed by atoms with Gasteiger partial charge in [0.05, 0.1) is 18.8 Å². The number of aromatic nitrogens is 3. The molecule has 1 heterocycles. The van der Waals surface area contributed by atoms with Crippen LogP contribution < -0.4 is 14.3 Å². The van der Waals surface area contributed by atoms with Crippen LogP contribution in [0.1, 0.15) is 29.6 Å². The normalized spacial score (nSPS) is 10.9. The van der Waals surface area contributed by atoms with E-state index in [4.69, 9.17) is 9.47 Å². The lowest BCUT2D eigenvalue weighted by molar-refractivity contribution is -0.645. The van der Waals surface area contributed by atoms with E-state index < -0.39 is 0 Å². The monoisotopic (exact) mass is 493 g/mol. The van der Waals surface area contributed by atoms with Gasteiger partial charge in [0.2, 0.25) is 11.0 Å². The Bertz CT molecular complexity index is 1460. The van der Waals surface area contributed by atoms with Gasteiger partial charge in [0, 0.05) is 0 Å². The summed E-state index contributed by atoms with van der Waals surface area (Å²) in [7, 11) is 0. The van der Waals surface area contributed by atoms with Gasteiger partial charge in [0.1, 0.15) is 16.7 Å². The lowest BCUT2D eigenvalue weighted by Crippen LogP contribution is -2.31. The van der Waals surface area contributed by atoms with Gasteiger partial charge < -0.3 is 14.7 Å². The van der Waals surface area contributed by atoms with E-state index in [9.17, 15) is 10.0 Å². The fourth-order valence-corrected chi connectivity index (χ4v) is 4.08. The molecule has 186 valence electrons. The molecule has 0 saturated heterocycles. The summed E-state index contributed by atoms with van der Waals surface area (Å²) in [5.74, 6) is 1.38. The van der Waals surface area contributed by atoms with Crippen molar-refractivity contribution < 1.29 is 19.1 Å². The summed E-state index contributed by atoms with van der Waals surface area (Å²) in [6.45, 7) is 1.37. The minimum atomic E-state index is -0.354. The van der Waals surface area contributed by atoms with Crippen molar-refractivity contribution in [2.24, 2.45) is 0 Å². The zero-order valence-corrected chi connectivity index (χ0v) is 20.3. The van der Waals surface area contributed by atoms with Gasteiger partial charge in [-0.25, -0.2) is 4.79 Å². The molecule has 0 bridgehead atoms. The fourth-order valence-electron chi connectivity index (χ4n) is 4.08. The van der Waals surface area contributed by atoms with Gasteiger partial charge in [-0.15, -0.1) is 4.85 Å². The van der Waals surface area contributed by atoms with Gasteiger partial charge in [0.25, 0.3) is 0 Å². The molecular weight excluding hydrogens is 466 g/mol. The van der Waals surface area contributed by atoms with Crippen LogP contribution in [-0.4, -0.2) is 29.0 Å². The molecule has 0 radical (unpaired) electrons. The molecule has 0 spiro atoms. The fraction of sp³-hybridized carbons (Fsp3) is 0.167. The average Bonchev–Trinajstić information content (AvgIpc) is 3.29. The highest BCUT2D eigenvalue weighted by Crippen LogP contribution is 2.23. The zero-order chi connectivity index (χ0) is 25.5. The number of ether oxygens (including phenoxy) is 2. The summed E-state index contributed by atoms with van der Waals surface area (Å²) in [6.07, 6.45) is 3.00. The molecule has 0 N–H and O–H groups in total. The Morgan fingerprint density at radius 1 is 0.703 bits per heavy atom. The molecule has 0 unspecified atom stereocenters. The van der Waals surface area contributed by atoms with Crippen molar-refractivity contribution in [2.75, 3.05) is 13.2 Å². The number of fused-ring (bicyclic) bond motifs is 1. The van der Waals surface area contributed by atoms with Crippen LogP contribution in [0, 0.1) is 5.21 Å². The van der Waals surface area contributed by atoms with Gasteiger partial charge in [-0.1, -0.05) is 59.3 Å². The van der Waals surface area contributed by atoms with Crippen molar-refractivity contribution in [1.82, 2.24) is 9.90 Å². The number of benzene rings is 4. The number of unbranched alkanes of at least 4 members (excludes halogenated alkanes) is 2. The third kappa shape index (κ3) is 5.78. The Labute approximate surface area is 215 Å². The maximum Gasteiger partial charge on any atom is 0.366 e. The van der Waals surface area contributed by atoms with E-state index in [0.717, 1.165) is 46.6 Å². The van der Waals surface area contributed by atoms with Crippen LogP contribution in [0.4, 0.5) is 0 Å². The van der Waals surface area contributed by atoms with Gasteiger partial charge in [-0.05, 0) is 78.9 Å². The van der Waals surface area contributed by atoms with E-state index in [1.807, 2.05) is 66.7 Å². The molecule has 4 aromatic carbocycles. The van der Waals surface area contributed by atoms with Crippen molar-refractivity contribution in [1.29, 1.82) is 0 Å². The minimum Gasteiger partial charge on any atom is -0.691 e. The Hall–Kier alpha value is -4.65. The Balaban J connectivity index is 1.11. The molecule has 5 aromatic rings. The van der Waals surface area contributed by atoms with Crippen molar-refractivity contribution >= 4 is 16.9 Å². The topological polar surface area (TPSA) is 80.3 Å². The Kier molecular flexibility index (Phi) is 7.41. The van der Waals surface area contributed by atoms with E-state index in [2.05, 4.69) is 5.21 Å². The van der Waals surface area contributed by atoms with E-state index in [-0.39, 0.29) is 5.91 Å². The van der Waals surface area contributed by atoms with Crippen molar-refractivity contribution in [2.45, 2.75) is 19.3 Å². The molecule has 7 nitrogen and oxygen atoms in total. The molecule has 0 fully saturated rings. The lowest BCUT2D eigenvalue weighted by Gasteiger charge is -2.08. The first kappa shape index (κ1) is 24.1. The zero-order valence-electron chi connectivity index (χ0n) is 20.3. The summed E-state index contributed by atoms with van der Waals surface area (Å²) < 4.78 is 12.7. The van der Waals surface area contributed by atoms with Gasteiger partial charge in [-0.3, -0.25) is 0 Å². The van der Waals surface area contributed by atoms with Crippen LogP contribution in [0.5, 0.6) is 11.5 Å². The Morgan fingerprint density at radius 2 is 1.27 bits per heavy atom. The summed E-state index contributed by atoms with van der Waals surface area (Å²) >= 11 is 0. The van der Waals surface area contributed by atoms with Crippen LogP contribution >= 0.6 is 0 Å². The summed E-state index contributed by atoms with van der Waals surface area (Å²) in [6, 6.07) is 31.9. The van der Waals surface area contributed by atoms with Gasteiger partial charge in [0.15, 0.2) is 0 Å². The van der Waals surface area contributed by atoms with Gasteiger partial charge in [-0.2, -0.15) is 0 Å². The number of rotatable bonds is 10. The highest BCUT2D eigenvalue weighted by Gasteiger charge is 2.22. The van der Waals surface area contributed by atoms with E-state index in [1.165, 1.54) is 0 Å². The van der Waals surface area contributed by atoms with Crippen LogP contribution in [0.15, 0.2) is 103 Å². The molecule has 0 saturated carbocycles. The number of hydrogen-bond donors (Lipinski definition) is 0.